The molecule has 0 unspecified atom stereocenters. The number of benzene rings is 1. The first-order valence-corrected chi connectivity index (χ1v) is 10.7. The fourth-order valence-corrected chi connectivity index (χ4v) is 4.59. The van der Waals surface area contributed by atoms with E-state index in [0.29, 0.717) is 24.7 Å². The summed E-state index contributed by atoms with van der Waals surface area (Å²) in [6, 6.07) is 10.2. The van der Waals surface area contributed by atoms with Crippen molar-refractivity contribution < 1.29 is 9.59 Å². The van der Waals surface area contributed by atoms with Gasteiger partial charge in [0.15, 0.2) is 0 Å². The minimum absolute atomic E-state index is 0.00871. The molecule has 7 heteroatoms. The molecule has 0 N–H and O–H groups in total. The molecule has 2 aromatic heterocycles. The van der Waals surface area contributed by atoms with Gasteiger partial charge in [-0.2, -0.15) is 5.10 Å². The van der Waals surface area contributed by atoms with Crippen molar-refractivity contribution in [2.24, 2.45) is 13.0 Å². The summed E-state index contributed by atoms with van der Waals surface area (Å²) in [5.74, 6) is 1.39. The smallest absolute Gasteiger partial charge is 0.242 e. The Bertz CT molecular complexity index is 1120. The van der Waals surface area contributed by atoms with Crippen LogP contribution in [0.2, 0.25) is 0 Å². The van der Waals surface area contributed by atoms with Crippen molar-refractivity contribution in [3.63, 3.8) is 0 Å². The van der Waals surface area contributed by atoms with E-state index in [1.54, 1.807) is 4.90 Å². The average molecular weight is 406 g/mol. The number of fused-ring (bicyclic) bond motifs is 2. The molecule has 7 nitrogen and oxygen atoms in total. The van der Waals surface area contributed by atoms with E-state index in [9.17, 15) is 9.59 Å². The molecule has 0 spiro atoms. The van der Waals surface area contributed by atoms with Crippen molar-refractivity contribution in [1.29, 1.82) is 0 Å². The van der Waals surface area contributed by atoms with E-state index >= 15 is 0 Å². The number of aromatic nitrogens is 3. The van der Waals surface area contributed by atoms with E-state index in [4.69, 9.17) is 5.10 Å². The van der Waals surface area contributed by atoms with Gasteiger partial charge >= 0.3 is 0 Å². The molecule has 3 aromatic rings. The van der Waals surface area contributed by atoms with Crippen molar-refractivity contribution in [1.82, 2.24) is 19.2 Å². The highest BCUT2D eigenvalue weighted by Gasteiger charge is 2.31. The summed E-state index contributed by atoms with van der Waals surface area (Å²) in [6.07, 6.45) is 4.50. The molecule has 1 aromatic carbocycles. The van der Waals surface area contributed by atoms with Crippen LogP contribution in [0.5, 0.6) is 0 Å². The zero-order valence-corrected chi connectivity index (χ0v) is 17.5. The Morgan fingerprint density at radius 2 is 1.93 bits per heavy atom. The maximum atomic E-state index is 12.9. The molecular weight excluding hydrogens is 378 g/mol. The Labute approximate surface area is 175 Å². The lowest BCUT2D eigenvalue weighted by Crippen LogP contribution is -2.47. The third-order valence-corrected chi connectivity index (χ3v) is 6.48. The number of amides is 2. The molecule has 2 aliphatic rings. The molecule has 0 bridgehead atoms. The maximum Gasteiger partial charge on any atom is 0.242 e. The van der Waals surface area contributed by atoms with Crippen LogP contribution in [0.15, 0.2) is 36.5 Å². The second-order valence-corrected chi connectivity index (χ2v) is 8.57. The zero-order chi connectivity index (χ0) is 20.8. The molecular formula is C23H27N5O2. The standard InChI is InChI=1S/C23H27N5O2/c1-16-7-10-26(11-8-16)23(30)15-27-21-13-19(24-28(21)12-9-22(27)29)18-14-25(2)20-6-4-3-5-17(18)20/h3-6,13-14,16H,7-12,15H2,1-2H3. The molecule has 1 fully saturated rings. The molecule has 0 atom stereocenters. The number of carbonyl (C=O) groups excluding carboxylic acids is 2. The second-order valence-electron chi connectivity index (χ2n) is 8.57. The minimum Gasteiger partial charge on any atom is -0.350 e. The van der Waals surface area contributed by atoms with Crippen molar-refractivity contribution >= 4 is 28.5 Å². The molecule has 2 amide bonds. The third kappa shape index (κ3) is 3.18. The molecule has 0 saturated carbocycles. The summed E-state index contributed by atoms with van der Waals surface area (Å²) in [6.45, 7) is 4.42. The van der Waals surface area contributed by atoms with Crippen LogP contribution in [0.25, 0.3) is 22.2 Å². The van der Waals surface area contributed by atoms with Crippen molar-refractivity contribution in [2.75, 3.05) is 24.5 Å². The van der Waals surface area contributed by atoms with E-state index in [-0.39, 0.29) is 18.4 Å². The van der Waals surface area contributed by atoms with Gasteiger partial charge in [-0.15, -0.1) is 0 Å². The van der Waals surface area contributed by atoms with E-state index in [0.717, 1.165) is 48.1 Å². The topological polar surface area (TPSA) is 63.4 Å². The van der Waals surface area contributed by atoms with E-state index in [2.05, 4.69) is 29.8 Å². The average Bonchev–Trinajstić information content (AvgIpc) is 3.32. The predicted molar refractivity (Wildman–Crippen MR) is 116 cm³/mol. The lowest BCUT2D eigenvalue weighted by atomic mass is 9.99. The van der Waals surface area contributed by atoms with Crippen LogP contribution in [-0.2, 0) is 23.2 Å². The van der Waals surface area contributed by atoms with Gasteiger partial charge in [-0.3, -0.25) is 14.5 Å². The molecule has 30 heavy (non-hydrogen) atoms. The molecule has 0 aliphatic carbocycles. The Balaban J connectivity index is 1.45. The van der Waals surface area contributed by atoms with E-state index in [1.807, 2.05) is 34.8 Å². The maximum absolute atomic E-state index is 12.9. The number of para-hydroxylation sites is 1. The van der Waals surface area contributed by atoms with E-state index < -0.39 is 0 Å². The highest BCUT2D eigenvalue weighted by molar-refractivity contribution is 6.00. The largest absolute Gasteiger partial charge is 0.350 e. The first-order valence-electron chi connectivity index (χ1n) is 10.7. The number of hydrogen-bond acceptors (Lipinski definition) is 3. The van der Waals surface area contributed by atoms with Gasteiger partial charge in [0.2, 0.25) is 11.8 Å². The highest BCUT2D eigenvalue weighted by atomic mass is 16.2. The molecule has 2 aliphatic heterocycles. The molecule has 5 rings (SSSR count). The second kappa shape index (κ2) is 7.31. The van der Waals surface area contributed by atoms with Crippen LogP contribution in [0.1, 0.15) is 26.2 Å². The van der Waals surface area contributed by atoms with Crippen LogP contribution in [0.3, 0.4) is 0 Å². The number of aryl methyl sites for hydroxylation is 2. The Hall–Kier alpha value is -3.09. The van der Waals surface area contributed by atoms with Gasteiger partial charge in [0, 0.05) is 55.3 Å². The summed E-state index contributed by atoms with van der Waals surface area (Å²) < 4.78 is 3.96. The first kappa shape index (κ1) is 18.9. The fourth-order valence-electron chi connectivity index (χ4n) is 4.59. The Kier molecular flexibility index (Phi) is 4.60. The van der Waals surface area contributed by atoms with Gasteiger partial charge in [0.25, 0.3) is 0 Å². The quantitative estimate of drug-likeness (QED) is 0.673. The third-order valence-electron chi connectivity index (χ3n) is 6.48. The van der Waals surface area contributed by atoms with Gasteiger partial charge in [-0.25, -0.2) is 4.68 Å². The van der Waals surface area contributed by atoms with Crippen molar-refractivity contribution in [3.8, 4) is 11.3 Å². The van der Waals surface area contributed by atoms with E-state index in [1.165, 1.54) is 0 Å². The van der Waals surface area contributed by atoms with Crippen LogP contribution < -0.4 is 4.90 Å². The zero-order valence-electron chi connectivity index (χ0n) is 17.5. The number of carbonyl (C=O) groups is 2. The number of rotatable bonds is 3. The molecule has 0 radical (unpaired) electrons. The Morgan fingerprint density at radius 3 is 2.73 bits per heavy atom. The number of piperidine rings is 1. The van der Waals surface area contributed by atoms with Crippen molar-refractivity contribution in [3.05, 3.63) is 36.5 Å². The van der Waals surface area contributed by atoms with Gasteiger partial charge in [0.05, 0.1) is 12.2 Å². The monoisotopic (exact) mass is 405 g/mol. The van der Waals surface area contributed by atoms with Crippen LogP contribution in [-0.4, -0.2) is 50.7 Å². The van der Waals surface area contributed by atoms with Crippen LogP contribution >= 0.6 is 0 Å². The normalized spacial score (nSPS) is 17.6. The summed E-state index contributed by atoms with van der Waals surface area (Å²) in [4.78, 5) is 29.1. The SMILES string of the molecule is CC1CCN(C(=O)CN2C(=O)CCn3nc(-c4cn(C)c5ccccc45)cc32)CC1. The number of likely N-dealkylation sites (tertiary alicyclic amines) is 1. The van der Waals surface area contributed by atoms with Gasteiger partial charge in [-0.05, 0) is 24.8 Å². The predicted octanol–water partition coefficient (Wildman–Crippen LogP) is 3.04. The number of anilines is 1. The fraction of sp³-hybridized carbons (Fsp3) is 0.435. The molecule has 156 valence electrons. The first-order chi connectivity index (χ1) is 14.5. The highest BCUT2D eigenvalue weighted by Crippen LogP contribution is 2.33. The number of nitrogens with zero attached hydrogens (tertiary/aromatic N) is 5. The van der Waals surface area contributed by atoms with Gasteiger partial charge < -0.3 is 9.47 Å². The lowest BCUT2D eigenvalue weighted by molar-refractivity contribution is -0.132. The van der Waals surface area contributed by atoms with Gasteiger partial charge in [-0.1, -0.05) is 25.1 Å². The summed E-state index contributed by atoms with van der Waals surface area (Å²) in [7, 11) is 2.02. The molecule has 4 heterocycles. The minimum atomic E-state index is -0.00871. The lowest BCUT2D eigenvalue weighted by Gasteiger charge is -2.33. The molecule has 1 saturated heterocycles. The summed E-state index contributed by atoms with van der Waals surface area (Å²) in [5, 5.41) is 5.91. The van der Waals surface area contributed by atoms with Crippen LogP contribution in [0.4, 0.5) is 5.82 Å². The Morgan fingerprint density at radius 1 is 1.17 bits per heavy atom. The summed E-state index contributed by atoms with van der Waals surface area (Å²) in [5.41, 5.74) is 3.01. The van der Waals surface area contributed by atoms with Crippen LogP contribution in [0, 0.1) is 5.92 Å². The van der Waals surface area contributed by atoms with Gasteiger partial charge in [0.1, 0.15) is 12.4 Å². The van der Waals surface area contributed by atoms with Crippen molar-refractivity contribution in [2.45, 2.75) is 32.7 Å². The number of hydrogen-bond donors (Lipinski definition) is 0. The summed E-state index contributed by atoms with van der Waals surface area (Å²) >= 11 is 0.